The minimum Gasteiger partial charge on any atom is -0.444 e. The van der Waals surface area contributed by atoms with Crippen LogP contribution in [0.5, 0.6) is 0 Å². The fourth-order valence-corrected chi connectivity index (χ4v) is 1.69. The summed E-state index contributed by atoms with van der Waals surface area (Å²) >= 11 is 0. The summed E-state index contributed by atoms with van der Waals surface area (Å²) in [5, 5.41) is 11.6. The second-order valence-corrected chi connectivity index (χ2v) is 5.60. The Bertz CT molecular complexity index is 660. The standard InChI is InChI=1S/C15H18N4O3/c1-15(2,3)22-14(21)18-11-7-5-4-6-10(11)17-13(20)12-8-9-16-19-12/h4-9H,1-3H3,(H,16,19)(H,17,20)(H,18,21). The van der Waals surface area contributed by atoms with Crippen LogP contribution in [0.15, 0.2) is 36.5 Å². The number of aromatic nitrogens is 2. The van der Waals surface area contributed by atoms with Crippen LogP contribution in [-0.4, -0.2) is 27.8 Å². The Hall–Kier alpha value is -2.83. The predicted molar refractivity (Wildman–Crippen MR) is 82.8 cm³/mol. The van der Waals surface area contributed by atoms with Crippen LogP contribution in [0.1, 0.15) is 31.3 Å². The molecular weight excluding hydrogens is 284 g/mol. The third-order valence-corrected chi connectivity index (χ3v) is 2.56. The number of rotatable bonds is 3. The molecule has 3 N–H and O–H groups in total. The highest BCUT2D eigenvalue weighted by Gasteiger charge is 2.17. The SMILES string of the molecule is CC(C)(C)OC(=O)Nc1ccccc1NC(=O)c1ccn[nH]1. The van der Waals surface area contributed by atoms with Gasteiger partial charge >= 0.3 is 6.09 Å². The molecule has 0 unspecified atom stereocenters. The van der Waals surface area contributed by atoms with Crippen molar-refractivity contribution in [1.82, 2.24) is 10.2 Å². The van der Waals surface area contributed by atoms with E-state index in [1.165, 1.54) is 6.20 Å². The zero-order valence-corrected chi connectivity index (χ0v) is 12.6. The molecule has 0 atom stereocenters. The Kier molecular flexibility index (Phi) is 4.45. The second kappa shape index (κ2) is 6.30. The van der Waals surface area contributed by atoms with Gasteiger partial charge in [-0.15, -0.1) is 0 Å². The van der Waals surface area contributed by atoms with Gasteiger partial charge in [0.15, 0.2) is 0 Å². The third kappa shape index (κ3) is 4.34. The molecule has 0 aliphatic rings. The number of hydrogen-bond donors (Lipinski definition) is 3. The minimum absolute atomic E-state index is 0.326. The number of aromatic amines is 1. The number of carbonyl (C=O) groups excluding carboxylic acids is 2. The first-order chi connectivity index (χ1) is 10.3. The Morgan fingerprint density at radius 1 is 1.09 bits per heavy atom. The summed E-state index contributed by atoms with van der Waals surface area (Å²) in [6, 6.07) is 8.41. The van der Waals surface area contributed by atoms with Gasteiger partial charge in [0, 0.05) is 6.20 Å². The molecule has 0 aliphatic heterocycles. The normalized spacial score (nSPS) is 10.9. The summed E-state index contributed by atoms with van der Waals surface area (Å²) in [5.74, 6) is -0.351. The maximum Gasteiger partial charge on any atom is 0.412 e. The molecular formula is C15H18N4O3. The number of nitrogens with one attached hydrogen (secondary N) is 3. The number of para-hydroxylation sites is 2. The molecule has 0 fully saturated rings. The number of H-pyrrole nitrogens is 1. The summed E-state index contributed by atoms with van der Waals surface area (Å²) in [7, 11) is 0. The predicted octanol–water partition coefficient (Wildman–Crippen LogP) is 3.01. The summed E-state index contributed by atoms with van der Waals surface area (Å²) in [6.07, 6.45) is 0.899. The number of carbonyl (C=O) groups is 2. The van der Waals surface area contributed by atoms with E-state index >= 15 is 0 Å². The minimum atomic E-state index is -0.599. The van der Waals surface area contributed by atoms with Gasteiger partial charge in [0.05, 0.1) is 11.4 Å². The second-order valence-electron chi connectivity index (χ2n) is 5.60. The number of hydrogen-bond acceptors (Lipinski definition) is 4. The van der Waals surface area contributed by atoms with E-state index in [1.807, 2.05) is 0 Å². The van der Waals surface area contributed by atoms with Gasteiger partial charge in [0.25, 0.3) is 5.91 Å². The smallest absolute Gasteiger partial charge is 0.412 e. The Labute approximate surface area is 128 Å². The van der Waals surface area contributed by atoms with E-state index in [-0.39, 0.29) is 5.91 Å². The van der Waals surface area contributed by atoms with E-state index in [0.29, 0.717) is 17.1 Å². The molecule has 0 spiro atoms. The Balaban J connectivity index is 2.10. The van der Waals surface area contributed by atoms with Crippen molar-refractivity contribution in [3.05, 3.63) is 42.2 Å². The van der Waals surface area contributed by atoms with E-state index in [1.54, 1.807) is 51.1 Å². The van der Waals surface area contributed by atoms with Crippen LogP contribution in [0.2, 0.25) is 0 Å². The molecule has 0 bridgehead atoms. The van der Waals surface area contributed by atoms with Gasteiger partial charge < -0.3 is 10.1 Å². The first-order valence-corrected chi connectivity index (χ1v) is 6.75. The molecule has 0 radical (unpaired) electrons. The van der Waals surface area contributed by atoms with E-state index < -0.39 is 11.7 Å². The highest BCUT2D eigenvalue weighted by molar-refractivity contribution is 6.05. The monoisotopic (exact) mass is 302 g/mol. The Morgan fingerprint density at radius 2 is 1.73 bits per heavy atom. The lowest BCUT2D eigenvalue weighted by Gasteiger charge is -2.20. The molecule has 1 aromatic heterocycles. The highest BCUT2D eigenvalue weighted by Crippen LogP contribution is 2.22. The first-order valence-electron chi connectivity index (χ1n) is 6.75. The van der Waals surface area contributed by atoms with Crippen LogP contribution in [0.25, 0.3) is 0 Å². The fourth-order valence-electron chi connectivity index (χ4n) is 1.69. The van der Waals surface area contributed by atoms with Gasteiger partial charge in [-0.2, -0.15) is 5.10 Å². The van der Waals surface area contributed by atoms with Crippen molar-refractivity contribution in [2.75, 3.05) is 10.6 Å². The summed E-state index contributed by atoms with van der Waals surface area (Å²) in [6.45, 7) is 5.33. The van der Waals surface area contributed by atoms with Crippen molar-refractivity contribution in [2.24, 2.45) is 0 Å². The van der Waals surface area contributed by atoms with Crippen LogP contribution < -0.4 is 10.6 Å². The van der Waals surface area contributed by atoms with E-state index in [4.69, 9.17) is 4.74 Å². The van der Waals surface area contributed by atoms with E-state index in [0.717, 1.165) is 0 Å². The summed E-state index contributed by atoms with van der Waals surface area (Å²) in [5.41, 5.74) is 0.641. The lowest BCUT2D eigenvalue weighted by molar-refractivity contribution is 0.0635. The number of nitrogens with zero attached hydrogens (tertiary/aromatic N) is 1. The van der Waals surface area contributed by atoms with Crippen molar-refractivity contribution >= 4 is 23.4 Å². The van der Waals surface area contributed by atoms with Crippen LogP contribution in [0.3, 0.4) is 0 Å². The molecule has 2 amide bonds. The number of ether oxygens (including phenoxy) is 1. The molecule has 22 heavy (non-hydrogen) atoms. The zero-order chi connectivity index (χ0) is 16.2. The number of benzene rings is 1. The molecule has 7 nitrogen and oxygen atoms in total. The first kappa shape index (κ1) is 15.6. The van der Waals surface area contributed by atoms with Crippen molar-refractivity contribution in [3.63, 3.8) is 0 Å². The summed E-state index contributed by atoms with van der Waals surface area (Å²) in [4.78, 5) is 23.8. The van der Waals surface area contributed by atoms with E-state index in [2.05, 4.69) is 20.8 Å². The quantitative estimate of drug-likeness (QED) is 0.812. The number of amides is 2. The van der Waals surface area contributed by atoms with Crippen molar-refractivity contribution < 1.29 is 14.3 Å². The average molecular weight is 302 g/mol. The van der Waals surface area contributed by atoms with Gasteiger partial charge in [-0.3, -0.25) is 15.2 Å². The third-order valence-electron chi connectivity index (χ3n) is 2.56. The van der Waals surface area contributed by atoms with Gasteiger partial charge in [-0.25, -0.2) is 4.79 Å². The number of anilines is 2. The van der Waals surface area contributed by atoms with Crippen LogP contribution in [0, 0.1) is 0 Å². The maximum atomic E-state index is 12.0. The Morgan fingerprint density at radius 3 is 2.27 bits per heavy atom. The van der Waals surface area contributed by atoms with Gasteiger partial charge in [-0.05, 0) is 39.0 Å². The molecule has 0 saturated carbocycles. The molecule has 1 aromatic carbocycles. The van der Waals surface area contributed by atoms with Crippen LogP contribution in [-0.2, 0) is 4.74 Å². The largest absolute Gasteiger partial charge is 0.444 e. The lowest BCUT2D eigenvalue weighted by atomic mass is 10.2. The molecule has 2 aromatic rings. The van der Waals surface area contributed by atoms with Crippen molar-refractivity contribution in [1.29, 1.82) is 0 Å². The highest BCUT2D eigenvalue weighted by atomic mass is 16.6. The van der Waals surface area contributed by atoms with Crippen LogP contribution >= 0.6 is 0 Å². The maximum absolute atomic E-state index is 12.0. The van der Waals surface area contributed by atoms with E-state index in [9.17, 15) is 9.59 Å². The van der Waals surface area contributed by atoms with Crippen molar-refractivity contribution in [3.8, 4) is 0 Å². The van der Waals surface area contributed by atoms with Gasteiger partial charge in [0.1, 0.15) is 11.3 Å². The lowest BCUT2D eigenvalue weighted by Crippen LogP contribution is -2.27. The molecule has 2 rings (SSSR count). The zero-order valence-electron chi connectivity index (χ0n) is 12.6. The van der Waals surface area contributed by atoms with Gasteiger partial charge in [-0.1, -0.05) is 12.1 Å². The molecule has 1 heterocycles. The van der Waals surface area contributed by atoms with Crippen LogP contribution in [0.4, 0.5) is 16.2 Å². The van der Waals surface area contributed by atoms with Gasteiger partial charge in [0.2, 0.25) is 0 Å². The molecule has 0 saturated heterocycles. The molecule has 116 valence electrons. The fraction of sp³-hybridized carbons (Fsp3) is 0.267. The topological polar surface area (TPSA) is 96.1 Å². The average Bonchev–Trinajstić information content (AvgIpc) is 2.92. The molecule has 0 aliphatic carbocycles. The summed E-state index contributed by atoms with van der Waals surface area (Å²) < 4.78 is 5.19. The molecule has 7 heteroatoms. The van der Waals surface area contributed by atoms with Crippen molar-refractivity contribution in [2.45, 2.75) is 26.4 Å².